The van der Waals surface area contributed by atoms with Crippen molar-refractivity contribution in [1.82, 2.24) is 9.97 Å². The molecule has 33 heavy (non-hydrogen) atoms. The summed E-state index contributed by atoms with van der Waals surface area (Å²) in [6.07, 6.45) is -1.33. The number of rotatable bonds is 4. The quantitative estimate of drug-likeness (QED) is 0.537. The summed E-state index contributed by atoms with van der Waals surface area (Å²) in [5, 5.41) is 30.1. The van der Waals surface area contributed by atoms with Crippen LogP contribution in [-0.4, -0.2) is 49.7 Å². The Kier molecular flexibility index (Phi) is 7.91. The second-order valence-electron chi connectivity index (χ2n) is 7.94. The molecule has 0 bridgehead atoms. The first-order valence-corrected chi connectivity index (χ1v) is 10.5. The van der Waals surface area contributed by atoms with E-state index in [2.05, 4.69) is 9.97 Å². The monoisotopic (exact) mass is 462 g/mol. The van der Waals surface area contributed by atoms with Gasteiger partial charge in [0.15, 0.2) is 0 Å². The van der Waals surface area contributed by atoms with E-state index in [1.807, 2.05) is 32.9 Å². The highest BCUT2D eigenvalue weighted by Crippen LogP contribution is 2.35. The van der Waals surface area contributed by atoms with Crippen LogP contribution >= 0.6 is 0 Å². The number of ether oxygens (including phenoxy) is 1. The SMILES string of the molecule is C/C=C\c1c(C)ncnc1C.C[C@@H]1O[C@H]([C@H](O)c2ccc3occ(C(F)F)c3c2)[C@@H](O)[C@H]1O. The Hall–Kier alpha value is -2.72. The average Bonchev–Trinajstić information content (AvgIpc) is 3.32. The van der Waals surface area contributed by atoms with Crippen LogP contribution in [0.15, 0.2) is 41.3 Å². The van der Waals surface area contributed by atoms with Gasteiger partial charge in [0.1, 0.15) is 42.6 Å². The lowest BCUT2D eigenvalue weighted by atomic mass is 9.97. The number of aliphatic hydroxyl groups is 3. The summed E-state index contributed by atoms with van der Waals surface area (Å²) in [5.74, 6) is 0. The summed E-state index contributed by atoms with van der Waals surface area (Å²) in [7, 11) is 0. The van der Waals surface area contributed by atoms with Crippen LogP contribution in [0.25, 0.3) is 17.0 Å². The lowest BCUT2D eigenvalue weighted by Crippen LogP contribution is -2.34. The van der Waals surface area contributed by atoms with Gasteiger partial charge in [-0.2, -0.15) is 0 Å². The smallest absolute Gasteiger partial charge is 0.267 e. The van der Waals surface area contributed by atoms with Gasteiger partial charge in [0.05, 0.1) is 11.7 Å². The number of aromatic nitrogens is 2. The van der Waals surface area contributed by atoms with Crippen LogP contribution < -0.4 is 0 Å². The van der Waals surface area contributed by atoms with Crippen molar-refractivity contribution in [3.8, 4) is 0 Å². The molecule has 3 N–H and O–H groups in total. The second-order valence-corrected chi connectivity index (χ2v) is 7.94. The number of nitrogens with zero attached hydrogens (tertiary/aromatic N) is 2. The number of benzene rings is 1. The van der Waals surface area contributed by atoms with Crippen LogP contribution in [0.2, 0.25) is 0 Å². The number of aliphatic hydroxyl groups excluding tert-OH is 3. The summed E-state index contributed by atoms with van der Waals surface area (Å²) in [6, 6.07) is 4.37. The van der Waals surface area contributed by atoms with Gasteiger partial charge in [-0.25, -0.2) is 18.7 Å². The minimum absolute atomic E-state index is 0.202. The van der Waals surface area contributed by atoms with Crippen LogP contribution in [-0.2, 0) is 4.74 Å². The van der Waals surface area contributed by atoms with Gasteiger partial charge in [-0.3, -0.25) is 0 Å². The Morgan fingerprint density at radius 2 is 1.76 bits per heavy atom. The zero-order valence-electron chi connectivity index (χ0n) is 18.8. The van der Waals surface area contributed by atoms with E-state index < -0.39 is 36.9 Å². The fourth-order valence-electron chi connectivity index (χ4n) is 3.76. The highest BCUT2D eigenvalue weighted by Gasteiger charge is 2.44. The third-order valence-electron chi connectivity index (χ3n) is 5.67. The Bertz CT molecular complexity index is 1100. The molecular formula is C24H28F2N2O5. The van der Waals surface area contributed by atoms with Crippen molar-refractivity contribution in [3.63, 3.8) is 0 Å². The molecule has 0 amide bonds. The zero-order valence-corrected chi connectivity index (χ0v) is 18.8. The maximum Gasteiger partial charge on any atom is 0.267 e. The molecule has 7 nitrogen and oxygen atoms in total. The summed E-state index contributed by atoms with van der Waals surface area (Å²) in [5.41, 5.74) is 3.54. The third-order valence-corrected chi connectivity index (χ3v) is 5.67. The summed E-state index contributed by atoms with van der Waals surface area (Å²) < 4.78 is 36.2. The molecule has 1 saturated heterocycles. The number of furan rings is 1. The van der Waals surface area contributed by atoms with Gasteiger partial charge in [-0.1, -0.05) is 18.2 Å². The van der Waals surface area contributed by atoms with Gasteiger partial charge in [-0.05, 0) is 45.4 Å². The number of alkyl halides is 2. The highest BCUT2D eigenvalue weighted by molar-refractivity contribution is 5.82. The van der Waals surface area contributed by atoms with E-state index in [-0.39, 0.29) is 16.5 Å². The predicted octanol–water partition coefficient (Wildman–Crippen LogP) is 4.04. The maximum absolute atomic E-state index is 12.9. The van der Waals surface area contributed by atoms with Crippen LogP contribution in [0, 0.1) is 13.8 Å². The van der Waals surface area contributed by atoms with Gasteiger partial charge in [0.25, 0.3) is 6.43 Å². The maximum atomic E-state index is 12.9. The van der Waals surface area contributed by atoms with Crippen molar-refractivity contribution >= 4 is 17.0 Å². The minimum atomic E-state index is -2.69. The standard InChI is InChI=1S/C15H16F2O5.C9H12N2/c1-6-11(18)13(20)14(22-6)12(19)7-2-3-10-8(4-7)9(5-21-10)15(16)17;1-4-5-9-7(2)10-6-11-8(9)3/h2-6,11-15,18-20H,1H3;4-6H,1-3H3/b;5-4-/t6-,11-,12+,13-,14+;/m0./s1. The molecule has 0 saturated carbocycles. The van der Waals surface area contributed by atoms with Gasteiger partial charge in [0, 0.05) is 22.3 Å². The molecule has 4 rings (SSSR count). The van der Waals surface area contributed by atoms with Crippen molar-refractivity contribution in [3.05, 3.63) is 64.9 Å². The van der Waals surface area contributed by atoms with Crippen molar-refractivity contribution in [2.75, 3.05) is 0 Å². The average molecular weight is 462 g/mol. The van der Waals surface area contributed by atoms with Crippen molar-refractivity contribution in [2.24, 2.45) is 0 Å². The van der Waals surface area contributed by atoms with Crippen LogP contribution in [0.1, 0.15) is 54.5 Å². The van der Waals surface area contributed by atoms with Gasteiger partial charge in [-0.15, -0.1) is 0 Å². The zero-order chi connectivity index (χ0) is 24.3. The Morgan fingerprint density at radius 3 is 2.30 bits per heavy atom. The van der Waals surface area contributed by atoms with E-state index in [1.165, 1.54) is 18.2 Å². The van der Waals surface area contributed by atoms with E-state index in [9.17, 15) is 24.1 Å². The number of hydrogen-bond donors (Lipinski definition) is 3. The van der Waals surface area contributed by atoms with E-state index in [4.69, 9.17) is 9.15 Å². The molecular weight excluding hydrogens is 434 g/mol. The number of allylic oxidation sites excluding steroid dienone is 1. The van der Waals surface area contributed by atoms with E-state index in [1.54, 1.807) is 13.3 Å². The molecule has 2 aromatic heterocycles. The van der Waals surface area contributed by atoms with Crippen molar-refractivity contribution in [1.29, 1.82) is 0 Å². The molecule has 1 aliphatic heterocycles. The normalized spacial score (nSPS) is 23.8. The van der Waals surface area contributed by atoms with Crippen LogP contribution in [0.3, 0.4) is 0 Å². The molecule has 3 heterocycles. The Balaban J connectivity index is 0.000000235. The first-order valence-electron chi connectivity index (χ1n) is 10.5. The van der Waals surface area contributed by atoms with Crippen LogP contribution in [0.5, 0.6) is 0 Å². The van der Waals surface area contributed by atoms with Gasteiger partial charge in [0.2, 0.25) is 0 Å². The first-order chi connectivity index (χ1) is 15.6. The fourth-order valence-corrected chi connectivity index (χ4v) is 3.76. The van der Waals surface area contributed by atoms with Crippen molar-refractivity contribution in [2.45, 2.75) is 64.6 Å². The molecule has 1 aromatic carbocycles. The number of fused-ring (bicyclic) bond motifs is 1. The Morgan fingerprint density at radius 1 is 1.09 bits per heavy atom. The van der Waals surface area contributed by atoms with E-state index in [0.29, 0.717) is 5.56 Å². The number of hydrogen-bond acceptors (Lipinski definition) is 7. The fraction of sp³-hybridized carbons (Fsp3) is 0.417. The highest BCUT2D eigenvalue weighted by atomic mass is 19.3. The molecule has 0 radical (unpaired) electrons. The number of halogens is 2. The topological polar surface area (TPSA) is 109 Å². The predicted molar refractivity (Wildman–Crippen MR) is 119 cm³/mol. The molecule has 0 spiro atoms. The third kappa shape index (κ3) is 5.27. The molecule has 0 unspecified atom stereocenters. The molecule has 0 aliphatic carbocycles. The minimum Gasteiger partial charge on any atom is -0.464 e. The summed E-state index contributed by atoms with van der Waals surface area (Å²) in [4.78, 5) is 8.19. The first kappa shape index (κ1) is 24.9. The van der Waals surface area contributed by atoms with Gasteiger partial charge < -0.3 is 24.5 Å². The Labute approximate surface area is 190 Å². The summed E-state index contributed by atoms with van der Waals surface area (Å²) in [6.45, 7) is 7.55. The molecule has 1 aliphatic rings. The second kappa shape index (κ2) is 10.5. The molecule has 1 fully saturated rings. The lowest BCUT2D eigenvalue weighted by molar-refractivity contribution is -0.0635. The molecule has 3 aromatic rings. The lowest BCUT2D eigenvalue weighted by Gasteiger charge is -2.21. The number of aryl methyl sites for hydroxylation is 2. The molecule has 178 valence electrons. The summed E-state index contributed by atoms with van der Waals surface area (Å²) >= 11 is 0. The largest absolute Gasteiger partial charge is 0.464 e. The van der Waals surface area contributed by atoms with E-state index >= 15 is 0 Å². The molecule has 5 atom stereocenters. The van der Waals surface area contributed by atoms with E-state index in [0.717, 1.165) is 23.2 Å². The van der Waals surface area contributed by atoms with Gasteiger partial charge >= 0.3 is 0 Å². The van der Waals surface area contributed by atoms with Crippen molar-refractivity contribution < 1.29 is 33.3 Å². The van der Waals surface area contributed by atoms with Crippen LogP contribution in [0.4, 0.5) is 8.78 Å². The molecule has 9 heteroatoms.